The molecule has 2 aliphatic rings. The zero-order chi connectivity index (χ0) is 54.6. The van der Waals surface area contributed by atoms with Gasteiger partial charge in [-0.2, -0.15) is 29.8 Å². The summed E-state index contributed by atoms with van der Waals surface area (Å²) < 4.78 is 172. The van der Waals surface area contributed by atoms with Gasteiger partial charge in [-0.05, 0) is 87.9 Å². The molecule has 74 heavy (non-hydrogen) atoms. The third-order valence-corrected chi connectivity index (χ3v) is 15.8. The molecule has 2 aromatic carbocycles. The number of unbranched alkanes of at least 4 members (excludes halogenated alkanes) is 2. The summed E-state index contributed by atoms with van der Waals surface area (Å²) in [4.78, 5) is 12.4. The first-order chi connectivity index (χ1) is 34.8. The largest absolute Gasteiger partial charge is 0.744 e. The number of fused-ring (bicyclic) bond motifs is 2. The topological polar surface area (TPSA) is 319 Å². The van der Waals surface area contributed by atoms with Crippen molar-refractivity contribution in [1.82, 2.24) is 0 Å². The number of nitrogens with zero attached hydrogens (tertiary/aromatic N) is 2. The van der Waals surface area contributed by atoms with E-state index in [1.165, 1.54) is 24.3 Å². The Morgan fingerprint density at radius 1 is 0.649 bits per heavy atom. The molecule has 2 aromatic rings. The van der Waals surface area contributed by atoms with E-state index in [2.05, 4.69) is 0 Å². The van der Waals surface area contributed by atoms with Gasteiger partial charge in [-0.1, -0.05) is 24.6 Å². The molecule has 0 saturated heterocycles. The van der Waals surface area contributed by atoms with Crippen LogP contribution in [0.2, 0.25) is 0 Å². The Hall–Kier alpha value is -4.00. The number of methoxy groups -OCH3 is 1. The first-order valence-corrected chi connectivity index (χ1v) is 30.1. The van der Waals surface area contributed by atoms with Gasteiger partial charge in [-0.3, -0.25) is 18.5 Å². The lowest BCUT2D eigenvalue weighted by molar-refractivity contribution is -0.437. The molecule has 2 unspecified atom stereocenters. The summed E-state index contributed by atoms with van der Waals surface area (Å²) in [7, 11) is -16.8. The van der Waals surface area contributed by atoms with Crippen molar-refractivity contribution in [2.45, 2.75) is 85.8 Å². The molecule has 0 bridgehead atoms. The van der Waals surface area contributed by atoms with Crippen LogP contribution in [0.1, 0.15) is 76.3 Å². The normalized spacial score (nSPS) is 18.9. The Kier molecular flexibility index (Phi) is 24.5. The van der Waals surface area contributed by atoms with Gasteiger partial charge in [0, 0.05) is 67.6 Å². The molecule has 0 radical (unpaired) electrons. The molecule has 0 spiro atoms. The third-order valence-electron chi connectivity index (χ3n) is 12.5. The van der Waals surface area contributed by atoms with Gasteiger partial charge < -0.3 is 43.0 Å². The number of hydrogen-bond donors (Lipinski definition) is 4. The fourth-order valence-corrected chi connectivity index (χ4v) is 10.9. The second-order valence-corrected chi connectivity index (χ2v) is 23.9. The van der Waals surface area contributed by atoms with E-state index >= 15 is 0 Å². The molecule has 2 heterocycles. The van der Waals surface area contributed by atoms with Crippen LogP contribution in [0, 0.1) is 0 Å². The van der Waals surface area contributed by atoms with Gasteiger partial charge >= 0.3 is 5.97 Å². The lowest BCUT2D eigenvalue weighted by Gasteiger charge is -2.30. The van der Waals surface area contributed by atoms with Gasteiger partial charge in [-0.15, -0.1) is 0 Å². The van der Waals surface area contributed by atoms with Gasteiger partial charge in [0.2, 0.25) is 5.69 Å². The lowest BCUT2D eigenvalue weighted by atomic mass is 9.76. The van der Waals surface area contributed by atoms with Crippen molar-refractivity contribution >= 4 is 63.5 Å². The quantitative estimate of drug-likeness (QED) is 0.0309. The molecule has 22 nitrogen and oxygen atoms in total. The molecule has 0 aliphatic carbocycles. The maximum Gasteiger partial charge on any atom is 0.303 e. The highest BCUT2D eigenvalue weighted by atomic mass is 32.2. The van der Waals surface area contributed by atoms with Crippen LogP contribution in [0.15, 0.2) is 82.3 Å². The van der Waals surface area contributed by atoms with E-state index in [9.17, 15) is 61.8 Å². The molecule has 2 aliphatic heterocycles. The Labute approximate surface area is 435 Å². The van der Waals surface area contributed by atoms with Gasteiger partial charge in [0.25, 0.3) is 30.4 Å². The summed E-state index contributed by atoms with van der Waals surface area (Å²) in [6, 6.07) is 8.05. The molecule has 26 heteroatoms. The monoisotopic (exact) mass is 1120 g/mol. The zero-order valence-corrected chi connectivity index (χ0v) is 45.2. The van der Waals surface area contributed by atoms with Crippen LogP contribution in [0.25, 0.3) is 0 Å². The Balaban J connectivity index is 1.63. The van der Waals surface area contributed by atoms with Crippen molar-refractivity contribution in [3.63, 3.8) is 0 Å². The molecule has 0 amide bonds. The molecular weight excluding hydrogens is 1050 g/mol. The minimum Gasteiger partial charge on any atom is -0.744 e. The Morgan fingerprint density at radius 2 is 1.20 bits per heavy atom. The predicted octanol–water partition coefficient (Wildman–Crippen LogP) is 4.68. The highest BCUT2D eigenvalue weighted by Crippen LogP contribution is 2.51. The summed E-state index contributed by atoms with van der Waals surface area (Å²) in [6.07, 6.45) is 10.3. The molecule has 0 saturated carbocycles. The number of benzene rings is 2. The van der Waals surface area contributed by atoms with Crippen molar-refractivity contribution in [2.24, 2.45) is 0 Å². The SMILES string of the molecule is COCCOCCOCCOCCOCCOCCC1(C)C(=CC=CC=CC2=[N+](CCCS(=O)(=O)O)c3ccc(S(=O)(=O)[O-])cc3C2(C)CCCS(=O)(=O)O)N(CCCCCC(=O)O)c2ccc(S(=O)(=O)O)cc21. The molecule has 4 rings (SSSR count). The molecule has 0 fully saturated rings. The van der Waals surface area contributed by atoms with Gasteiger partial charge in [0.15, 0.2) is 5.71 Å². The maximum atomic E-state index is 12.5. The number of aliphatic carboxylic acids is 1. The summed E-state index contributed by atoms with van der Waals surface area (Å²) in [6.45, 7) is 8.06. The van der Waals surface area contributed by atoms with Gasteiger partial charge in [-0.25, -0.2) is 8.42 Å². The van der Waals surface area contributed by atoms with Crippen LogP contribution in [0.3, 0.4) is 0 Å². The minimum atomic E-state index is -4.96. The number of anilines is 1. The number of ether oxygens (including phenoxy) is 6. The second-order valence-electron chi connectivity index (χ2n) is 18.0. The summed E-state index contributed by atoms with van der Waals surface area (Å²) in [5.74, 6) is -2.17. The number of carbonyl (C=O) groups is 1. The van der Waals surface area contributed by atoms with Crippen molar-refractivity contribution in [3.8, 4) is 0 Å². The van der Waals surface area contributed by atoms with Crippen LogP contribution in [-0.4, -0.2) is 178 Å². The predicted molar refractivity (Wildman–Crippen MR) is 272 cm³/mol. The van der Waals surface area contributed by atoms with Crippen molar-refractivity contribution < 1.29 is 94.8 Å². The highest BCUT2D eigenvalue weighted by molar-refractivity contribution is 7.86. The maximum absolute atomic E-state index is 12.5. The lowest BCUT2D eigenvalue weighted by Crippen LogP contribution is -2.32. The van der Waals surface area contributed by atoms with Crippen LogP contribution in [0.5, 0.6) is 0 Å². The first kappa shape index (κ1) is 62.5. The Bertz CT molecular complexity index is 2780. The van der Waals surface area contributed by atoms with Crippen LogP contribution < -0.4 is 4.90 Å². The second kappa shape index (κ2) is 28.9. The highest BCUT2D eigenvalue weighted by Gasteiger charge is 2.48. The standard InChI is InChI=1S/C48H70N2O20S4/c1-47(19-10-34-71(53,54)55)40-36-38(73(59,60)61)15-17-42(40)50(22-11-35-72(56,57)58)44(47)12-6-4-7-13-45-48(2,20-23-66-26-27-68-30-31-70-33-32-69-29-28-67-25-24-65-3)41-37-39(74(62,63)64)16-18-43(41)49(45)21-9-5-8-14-46(51)52/h4,6-7,12-13,15-18,36-37H,5,8-11,14,19-35H2,1-3H3,(H4-,51,52,53,54,55,56,57,58,59,60,61,62,63,64). The van der Waals surface area contributed by atoms with E-state index in [4.69, 9.17) is 28.4 Å². The van der Waals surface area contributed by atoms with Crippen molar-refractivity contribution in [1.29, 1.82) is 0 Å². The first-order valence-electron chi connectivity index (χ1n) is 24.0. The smallest absolute Gasteiger partial charge is 0.303 e. The molecule has 2 atom stereocenters. The zero-order valence-electron chi connectivity index (χ0n) is 42.0. The van der Waals surface area contributed by atoms with E-state index in [0.29, 0.717) is 113 Å². The molecule has 416 valence electrons. The number of carboxylic acids is 1. The number of rotatable bonds is 37. The average Bonchev–Trinajstić information content (AvgIpc) is 3.67. The van der Waals surface area contributed by atoms with E-state index in [-0.39, 0.29) is 56.9 Å². The third kappa shape index (κ3) is 19.5. The molecule has 4 N–H and O–H groups in total. The molecular formula is C48H70N2O20S4. The van der Waals surface area contributed by atoms with Crippen LogP contribution >= 0.6 is 0 Å². The van der Waals surface area contributed by atoms with Crippen molar-refractivity contribution in [3.05, 3.63) is 83.6 Å². The fraction of sp³-hybridized carbons (Fsp3) is 0.583. The Morgan fingerprint density at radius 3 is 1.76 bits per heavy atom. The fourth-order valence-electron chi connectivity index (χ4n) is 8.88. The number of allylic oxidation sites excluding steroid dienone is 6. The van der Waals surface area contributed by atoms with Crippen LogP contribution in [0.4, 0.5) is 11.4 Å². The average molecular weight is 1120 g/mol. The van der Waals surface area contributed by atoms with Gasteiger partial charge in [0.05, 0.1) is 92.8 Å². The summed E-state index contributed by atoms with van der Waals surface area (Å²) >= 11 is 0. The van der Waals surface area contributed by atoms with E-state index in [1.54, 1.807) is 49.0 Å². The van der Waals surface area contributed by atoms with Gasteiger partial charge in [0.1, 0.15) is 16.7 Å². The van der Waals surface area contributed by atoms with E-state index in [1.807, 2.05) is 17.9 Å². The van der Waals surface area contributed by atoms with E-state index in [0.717, 1.165) is 11.8 Å². The van der Waals surface area contributed by atoms with Crippen LogP contribution in [-0.2, 0) is 84.5 Å². The van der Waals surface area contributed by atoms with Crippen molar-refractivity contribution in [2.75, 3.05) is 109 Å². The summed E-state index contributed by atoms with van der Waals surface area (Å²) in [5, 5.41) is 9.24. The van der Waals surface area contributed by atoms with E-state index < -0.39 is 73.7 Å². The number of hydrogen-bond acceptors (Lipinski definition) is 17. The number of carboxylic acid groups (broad SMARTS) is 1. The molecule has 0 aromatic heterocycles. The minimum absolute atomic E-state index is 0.00672. The summed E-state index contributed by atoms with van der Waals surface area (Å²) in [5.41, 5.74) is 1.07.